The molecule has 0 heterocycles. The first-order valence-electron chi connectivity index (χ1n) is 10.9. The predicted molar refractivity (Wildman–Crippen MR) is 138 cm³/mol. The zero-order valence-corrected chi connectivity index (χ0v) is 19.8. The van der Waals surface area contributed by atoms with Crippen molar-refractivity contribution in [1.82, 2.24) is 0 Å². The monoisotopic (exact) mass is 450 g/mol. The molecule has 0 N–H and O–H groups in total. The van der Waals surface area contributed by atoms with E-state index in [0.717, 1.165) is 22.7 Å². The van der Waals surface area contributed by atoms with Gasteiger partial charge < -0.3 is 0 Å². The molecule has 0 spiro atoms. The molecule has 4 rings (SSSR count). The Hall–Kier alpha value is -3.96. The summed E-state index contributed by atoms with van der Waals surface area (Å²) in [7, 11) is -3.19. The van der Waals surface area contributed by atoms with Gasteiger partial charge in [-0.25, -0.2) is 0 Å². The summed E-state index contributed by atoms with van der Waals surface area (Å²) in [6, 6.07) is 38.0. The summed E-state index contributed by atoms with van der Waals surface area (Å²) >= 11 is 0. The van der Waals surface area contributed by atoms with E-state index < -0.39 is 8.07 Å². The fourth-order valence-corrected chi connectivity index (χ4v) is 5.54. The van der Waals surface area contributed by atoms with Crippen LogP contribution in [0.5, 0.6) is 0 Å². The third kappa shape index (κ3) is 4.63. The molecule has 2 amide bonds. The molecular formula is C28H26N2O2Si. The number of para-hydroxylation sites is 4. The van der Waals surface area contributed by atoms with Crippen LogP contribution in [0.25, 0.3) is 0 Å². The van der Waals surface area contributed by atoms with Crippen molar-refractivity contribution in [2.24, 2.45) is 0 Å². The second kappa shape index (κ2) is 9.67. The summed E-state index contributed by atoms with van der Waals surface area (Å²) in [5, 5.41) is 0. The number of hydrogen-bond donors (Lipinski definition) is 0. The van der Waals surface area contributed by atoms with E-state index in [2.05, 4.69) is 0 Å². The predicted octanol–water partition coefficient (Wildman–Crippen LogP) is 7.77. The third-order valence-electron chi connectivity index (χ3n) is 5.53. The van der Waals surface area contributed by atoms with E-state index >= 15 is 0 Å². The van der Waals surface area contributed by atoms with E-state index in [4.69, 9.17) is 0 Å². The molecule has 164 valence electrons. The largest absolute Gasteiger partial charge is 0.285 e. The maximum Gasteiger partial charge on any atom is 0.258 e. The number of amides is 2. The first-order chi connectivity index (χ1) is 16.0. The Morgan fingerprint density at radius 3 is 0.879 bits per heavy atom. The average Bonchev–Trinajstić information content (AvgIpc) is 2.87. The van der Waals surface area contributed by atoms with Gasteiger partial charge in [0.05, 0.1) is 0 Å². The van der Waals surface area contributed by atoms with E-state index in [1.165, 1.54) is 0 Å². The van der Waals surface area contributed by atoms with Crippen molar-refractivity contribution in [3.63, 3.8) is 0 Å². The van der Waals surface area contributed by atoms with Crippen LogP contribution in [-0.4, -0.2) is 19.1 Å². The smallest absolute Gasteiger partial charge is 0.258 e. The molecule has 0 aliphatic rings. The van der Waals surface area contributed by atoms with Gasteiger partial charge >= 0.3 is 0 Å². The Labute approximate surface area is 195 Å². The van der Waals surface area contributed by atoms with Crippen LogP contribution in [0.3, 0.4) is 0 Å². The van der Waals surface area contributed by atoms with Gasteiger partial charge in [-0.2, -0.15) is 0 Å². The zero-order valence-electron chi connectivity index (χ0n) is 18.8. The molecule has 4 nitrogen and oxygen atoms in total. The highest BCUT2D eigenvalue weighted by molar-refractivity contribution is 7.25. The summed E-state index contributed by atoms with van der Waals surface area (Å²) in [6.45, 7) is 3.66. The lowest BCUT2D eigenvalue weighted by Gasteiger charge is -2.34. The molecule has 0 saturated heterocycles. The van der Waals surface area contributed by atoms with Crippen molar-refractivity contribution >= 4 is 41.9 Å². The Morgan fingerprint density at radius 1 is 0.455 bits per heavy atom. The normalized spacial score (nSPS) is 11.0. The van der Waals surface area contributed by atoms with E-state index in [-0.39, 0.29) is 11.1 Å². The summed E-state index contributed by atoms with van der Waals surface area (Å²) < 4.78 is 0. The van der Waals surface area contributed by atoms with E-state index in [1.54, 1.807) is 9.80 Å². The van der Waals surface area contributed by atoms with Crippen LogP contribution in [0.4, 0.5) is 32.3 Å². The Balaban J connectivity index is 1.78. The maximum absolute atomic E-state index is 14.1. The van der Waals surface area contributed by atoms with Crippen LogP contribution < -0.4 is 9.80 Å². The first-order valence-corrected chi connectivity index (χ1v) is 13.9. The summed E-state index contributed by atoms with van der Waals surface area (Å²) in [5.41, 5.74) is 2.64. The minimum Gasteiger partial charge on any atom is -0.285 e. The molecule has 0 aliphatic heterocycles. The molecule has 0 fully saturated rings. The number of rotatable bonds is 6. The lowest BCUT2D eigenvalue weighted by molar-refractivity contribution is 0.259. The van der Waals surface area contributed by atoms with E-state index in [0.29, 0.717) is 0 Å². The molecule has 0 unspecified atom stereocenters. The van der Waals surface area contributed by atoms with Gasteiger partial charge in [0, 0.05) is 22.7 Å². The fourth-order valence-electron chi connectivity index (χ4n) is 3.73. The van der Waals surface area contributed by atoms with Gasteiger partial charge in [-0.05, 0) is 48.5 Å². The molecule has 5 heteroatoms. The fraction of sp³-hybridized carbons (Fsp3) is 0.0714. The molecule has 33 heavy (non-hydrogen) atoms. The molecule has 0 radical (unpaired) electrons. The number of hydrogen-bond acceptors (Lipinski definition) is 2. The highest BCUT2D eigenvalue weighted by atomic mass is 28.3. The maximum atomic E-state index is 14.1. The van der Waals surface area contributed by atoms with Gasteiger partial charge in [0.25, 0.3) is 8.07 Å². The van der Waals surface area contributed by atoms with Crippen molar-refractivity contribution in [2.45, 2.75) is 13.1 Å². The Morgan fingerprint density at radius 2 is 0.667 bits per heavy atom. The Bertz CT molecular complexity index is 1040. The number of benzene rings is 4. The van der Waals surface area contributed by atoms with Gasteiger partial charge in [-0.15, -0.1) is 0 Å². The van der Waals surface area contributed by atoms with E-state index in [1.807, 2.05) is 134 Å². The first kappa shape index (κ1) is 22.2. The lowest BCUT2D eigenvalue weighted by Crippen LogP contribution is -2.57. The molecule has 0 bridgehead atoms. The number of carbonyl (C=O) groups excluding carboxylic acids is 2. The Kier molecular flexibility index (Phi) is 6.52. The standard InChI is InChI=1S/C28H26N2O2Si/c1-33(2,27(31)29(23-15-7-3-8-16-23)24-17-9-4-10-18-24)28(32)30(25-19-11-5-12-20-25)26-21-13-6-14-22-26/h3-22H,1-2H3. The summed E-state index contributed by atoms with van der Waals surface area (Å²) in [5.74, 6) is 0. The highest BCUT2D eigenvalue weighted by Gasteiger charge is 2.46. The van der Waals surface area contributed by atoms with Crippen LogP contribution in [0.2, 0.25) is 13.1 Å². The van der Waals surface area contributed by atoms with Crippen molar-refractivity contribution in [3.8, 4) is 0 Å². The number of nitrogens with zero attached hydrogens (tertiary/aromatic N) is 2. The van der Waals surface area contributed by atoms with Crippen LogP contribution in [0.1, 0.15) is 0 Å². The van der Waals surface area contributed by atoms with Gasteiger partial charge in [0.2, 0.25) is 11.1 Å². The van der Waals surface area contributed by atoms with Gasteiger partial charge in [0.15, 0.2) is 0 Å². The van der Waals surface area contributed by atoms with Crippen LogP contribution in [-0.2, 0) is 0 Å². The molecule has 4 aromatic carbocycles. The summed E-state index contributed by atoms with van der Waals surface area (Å²) in [6.07, 6.45) is 0. The van der Waals surface area contributed by atoms with Gasteiger partial charge in [-0.1, -0.05) is 85.9 Å². The molecular weight excluding hydrogens is 424 g/mol. The van der Waals surface area contributed by atoms with Gasteiger partial charge in [-0.3, -0.25) is 19.4 Å². The minimum atomic E-state index is -3.19. The lowest BCUT2D eigenvalue weighted by atomic mass is 10.2. The third-order valence-corrected chi connectivity index (χ3v) is 8.12. The molecule has 4 aromatic rings. The second-order valence-electron chi connectivity index (χ2n) is 8.25. The van der Waals surface area contributed by atoms with Crippen LogP contribution in [0.15, 0.2) is 121 Å². The van der Waals surface area contributed by atoms with Crippen molar-refractivity contribution < 1.29 is 9.59 Å². The second-order valence-corrected chi connectivity index (χ2v) is 12.4. The zero-order chi connectivity index (χ0) is 23.3. The van der Waals surface area contributed by atoms with Crippen molar-refractivity contribution in [3.05, 3.63) is 121 Å². The van der Waals surface area contributed by atoms with Crippen LogP contribution >= 0.6 is 0 Å². The molecule has 0 aliphatic carbocycles. The molecule has 0 saturated carbocycles. The summed E-state index contributed by atoms with van der Waals surface area (Å²) in [4.78, 5) is 31.6. The topological polar surface area (TPSA) is 40.6 Å². The average molecular weight is 451 g/mol. The molecule has 0 aromatic heterocycles. The SMILES string of the molecule is C[Si](C)(C(=O)N(c1ccccc1)c1ccccc1)C(=O)N(c1ccccc1)c1ccccc1. The van der Waals surface area contributed by atoms with Crippen molar-refractivity contribution in [2.75, 3.05) is 9.80 Å². The quantitative estimate of drug-likeness (QED) is 0.281. The van der Waals surface area contributed by atoms with Crippen LogP contribution in [0, 0.1) is 0 Å². The minimum absolute atomic E-state index is 0.165. The molecule has 0 atom stereocenters. The number of anilines is 4. The number of carbonyl (C=O) groups is 2. The highest BCUT2D eigenvalue weighted by Crippen LogP contribution is 2.33. The van der Waals surface area contributed by atoms with Crippen molar-refractivity contribution in [1.29, 1.82) is 0 Å². The van der Waals surface area contributed by atoms with E-state index in [9.17, 15) is 9.59 Å². The van der Waals surface area contributed by atoms with Gasteiger partial charge in [0.1, 0.15) is 0 Å².